The first kappa shape index (κ1) is 33.9. The van der Waals surface area contributed by atoms with E-state index in [4.69, 9.17) is 33.2 Å². The van der Waals surface area contributed by atoms with Crippen molar-refractivity contribution in [1.82, 2.24) is 0 Å². The summed E-state index contributed by atoms with van der Waals surface area (Å²) in [6, 6.07) is 5.77. The Balaban J connectivity index is 1.97. The highest BCUT2D eigenvalue weighted by Crippen LogP contribution is 2.39. The van der Waals surface area contributed by atoms with E-state index in [0.29, 0.717) is 5.56 Å². The predicted molar refractivity (Wildman–Crippen MR) is 138 cm³/mol. The van der Waals surface area contributed by atoms with Gasteiger partial charge in [0.25, 0.3) is 0 Å². The fourth-order valence-corrected chi connectivity index (χ4v) is 4.37. The lowest BCUT2D eigenvalue weighted by molar-refractivity contribution is -0.384. The Morgan fingerprint density at radius 1 is 0.884 bits per heavy atom. The molecule has 238 valence electrons. The van der Waals surface area contributed by atoms with Crippen molar-refractivity contribution in [3.63, 3.8) is 0 Å². The smallest absolute Gasteiger partial charge is 0.331 e. The van der Waals surface area contributed by atoms with Gasteiger partial charge in [-0.3, -0.25) is 14.4 Å². The van der Waals surface area contributed by atoms with Gasteiger partial charge in [0.05, 0.1) is 6.61 Å². The van der Waals surface area contributed by atoms with Crippen LogP contribution in [-0.4, -0.2) is 124 Å². The first-order chi connectivity index (χ1) is 20.3. The highest BCUT2D eigenvalue weighted by molar-refractivity contribution is 5.87. The van der Waals surface area contributed by atoms with Crippen molar-refractivity contribution in [2.45, 2.75) is 75.6 Å². The second-order valence-corrected chi connectivity index (χ2v) is 9.72. The van der Waals surface area contributed by atoms with Crippen LogP contribution < -0.4 is 0 Å². The molecular weight excluding hydrogens is 580 g/mol. The van der Waals surface area contributed by atoms with E-state index in [1.807, 2.05) is 0 Å². The zero-order chi connectivity index (χ0) is 31.9. The molecule has 16 nitrogen and oxygen atoms in total. The molecule has 0 unspecified atom stereocenters. The fourth-order valence-electron chi connectivity index (χ4n) is 4.37. The van der Waals surface area contributed by atoms with Gasteiger partial charge < -0.3 is 58.7 Å². The monoisotopic (exact) mass is 614 g/mol. The van der Waals surface area contributed by atoms with E-state index in [2.05, 4.69) is 0 Å². The molecule has 1 aromatic carbocycles. The number of phenolic OH excluding ortho intramolecular Hbond substituents is 1. The van der Waals surface area contributed by atoms with Gasteiger partial charge in [-0.05, 0) is 23.8 Å². The van der Waals surface area contributed by atoms with Gasteiger partial charge in [-0.25, -0.2) is 4.79 Å². The Morgan fingerprint density at radius 2 is 1.53 bits per heavy atom. The molecule has 5 N–H and O–H groups in total. The molecule has 16 heteroatoms. The van der Waals surface area contributed by atoms with Crippen molar-refractivity contribution in [3.8, 4) is 5.75 Å². The second-order valence-electron chi connectivity index (χ2n) is 9.72. The van der Waals surface area contributed by atoms with Crippen LogP contribution in [0.2, 0.25) is 0 Å². The topological polar surface area (TPSA) is 234 Å². The molecule has 1 aromatic rings. The minimum absolute atomic E-state index is 0.00174. The van der Waals surface area contributed by atoms with Crippen molar-refractivity contribution in [1.29, 1.82) is 0 Å². The first-order valence-electron chi connectivity index (χ1n) is 13.0. The van der Waals surface area contributed by atoms with Crippen molar-refractivity contribution < 1.29 is 77.9 Å². The van der Waals surface area contributed by atoms with Crippen molar-refractivity contribution in [2.24, 2.45) is 0 Å². The highest BCUT2D eigenvalue weighted by Gasteiger charge is 2.62. The molecule has 2 fully saturated rings. The molecule has 2 heterocycles. The summed E-state index contributed by atoms with van der Waals surface area (Å²) >= 11 is 0. The maximum absolute atomic E-state index is 12.8. The third-order valence-electron chi connectivity index (χ3n) is 6.39. The number of phenols is 1. The molecule has 43 heavy (non-hydrogen) atoms. The Labute approximate surface area is 245 Å². The van der Waals surface area contributed by atoms with Gasteiger partial charge in [-0.1, -0.05) is 12.1 Å². The lowest BCUT2D eigenvalue weighted by atomic mass is 9.98. The van der Waals surface area contributed by atoms with E-state index in [-0.39, 0.29) is 5.75 Å². The number of rotatable bonds is 11. The number of benzene rings is 1. The van der Waals surface area contributed by atoms with E-state index < -0.39 is 98.5 Å². The number of ether oxygens (including phenoxy) is 7. The van der Waals surface area contributed by atoms with Crippen LogP contribution in [0.15, 0.2) is 30.3 Å². The first-order valence-corrected chi connectivity index (χ1v) is 13.0. The minimum atomic E-state index is -2.43. The van der Waals surface area contributed by atoms with Crippen molar-refractivity contribution >= 4 is 30.0 Å². The number of carbonyl (C=O) groups is 4. The van der Waals surface area contributed by atoms with Crippen LogP contribution in [0.25, 0.3) is 6.08 Å². The van der Waals surface area contributed by atoms with Crippen LogP contribution in [0.3, 0.4) is 0 Å². The summed E-state index contributed by atoms with van der Waals surface area (Å²) in [7, 11) is 0. The van der Waals surface area contributed by atoms with E-state index in [1.165, 1.54) is 30.3 Å². The van der Waals surface area contributed by atoms with Gasteiger partial charge in [-0.2, -0.15) is 0 Å². The Hall–Kier alpha value is -3.64. The van der Waals surface area contributed by atoms with Gasteiger partial charge in [0.15, 0.2) is 12.2 Å². The summed E-state index contributed by atoms with van der Waals surface area (Å²) < 4.78 is 37.8. The summed E-state index contributed by atoms with van der Waals surface area (Å²) in [5.41, 5.74) is 0.500. The molecule has 0 aromatic heterocycles. The number of aliphatic hydroxyl groups is 4. The number of aliphatic hydroxyl groups excluding tert-OH is 4. The zero-order valence-electron chi connectivity index (χ0n) is 23.4. The average molecular weight is 615 g/mol. The summed E-state index contributed by atoms with van der Waals surface area (Å²) in [5.74, 6) is -5.99. The molecular formula is C27H34O16. The van der Waals surface area contributed by atoms with E-state index >= 15 is 0 Å². The lowest BCUT2D eigenvalue weighted by Crippen LogP contribution is -2.64. The number of carbonyl (C=O) groups excluding carboxylic acids is 4. The van der Waals surface area contributed by atoms with Crippen molar-refractivity contribution in [2.75, 3.05) is 19.8 Å². The van der Waals surface area contributed by atoms with E-state index in [1.54, 1.807) is 0 Å². The SMILES string of the molecule is CC(=O)OC[C@H]1O[C@H](O[C@]2(COC(C)=O)O[C@H](CO)[C@@H](O)[C@@H]2OC(=O)/C=C/c2ccc(O)cc2)[C@H](OC(C)=O)[C@@H](O)[C@@H]1O. The van der Waals surface area contributed by atoms with Crippen LogP contribution >= 0.6 is 0 Å². The summed E-state index contributed by atoms with van der Waals surface area (Å²) in [5, 5.41) is 51.5. The maximum atomic E-state index is 12.8. The summed E-state index contributed by atoms with van der Waals surface area (Å²) in [4.78, 5) is 47.8. The van der Waals surface area contributed by atoms with Crippen LogP contribution in [0.5, 0.6) is 5.75 Å². The minimum Gasteiger partial charge on any atom is -0.508 e. The average Bonchev–Trinajstić information content (AvgIpc) is 3.20. The van der Waals surface area contributed by atoms with Gasteiger partial charge in [0.1, 0.15) is 49.5 Å². The number of esters is 4. The van der Waals surface area contributed by atoms with Gasteiger partial charge in [0.2, 0.25) is 12.1 Å². The molecule has 0 amide bonds. The van der Waals surface area contributed by atoms with Gasteiger partial charge >= 0.3 is 23.9 Å². The molecule has 3 rings (SSSR count). The molecule has 0 aliphatic carbocycles. The van der Waals surface area contributed by atoms with Crippen LogP contribution in [0.1, 0.15) is 26.3 Å². The predicted octanol–water partition coefficient (Wildman–Crippen LogP) is -1.71. The highest BCUT2D eigenvalue weighted by atomic mass is 16.8. The zero-order valence-corrected chi connectivity index (χ0v) is 23.4. The number of hydrogen-bond donors (Lipinski definition) is 5. The second kappa shape index (κ2) is 14.7. The fraction of sp³-hybridized carbons (Fsp3) is 0.556. The molecule has 2 aliphatic heterocycles. The Kier molecular flexibility index (Phi) is 11.6. The standard InChI is InChI=1S/C27H34O16/c1-13(29)37-11-19-21(34)23(36)24(39-15(3)31)26(40-19)43-27(12-38-14(2)30)25(22(35)18(10-28)42-27)41-20(33)9-6-16-4-7-17(32)8-5-16/h4-9,18-19,21-26,28,32,34-36H,10-12H2,1-3H3/b9-6+/t18-,19-,21-,22-,23+,24-,25+,26-,27+/m1/s1. The number of aromatic hydroxyl groups is 1. The molecule has 9 atom stereocenters. The molecule has 0 spiro atoms. The molecule has 0 saturated carbocycles. The summed E-state index contributed by atoms with van der Waals surface area (Å²) in [6.07, 6.45) is -11.4. The summed E-state index contributed by atoms with van der Waals surface area (Å²) in [6.45, 7) is 0.873. The quantitative estimate of drug-likeness (QED) is 0.106. The van der Waals surface area contributed by atoms with E-state index in [9.17, 15) is 44.7 Å². The van der Waals surface area contributed by atoms with Crippen LogP contribution in [0, 0.1) is 0 Å². The Morgan fingerprint density at radius 3 is 2.12 bits per heavy atom. The third-order valence-corrected chi connectivity index (χ3v) is 6.39. The molecule has 0 bridgehead atoms. The Bertz CT molecular complexity index is 1170. The largest absolute Gasteiger partial charge is 0.508 e. The normalized spacial score (nSPS) is 32.3. The molecule has 0 radical (unpaired) electrons. The van der Waals surface area contributed by atoms with Crippen LogP contribution in [0.4, 0.5) is 0 Å². The van der Waals surface area contributed by atoms with Gasteiger partial charge in [0, 0.05) is 26.8 Å². The molecule has 2 aliphatic rings. The molecule has 2 saturated heterocycles. The third kappa shape index (κ3) is 8.70. The van der Waals surface area contributed by atoms with Crippen LogP contribution in [-0.2, 0) is 52.3 Å². The van der Waals surface area contributed by atoms with Crippen molar-refractivity contribution in [3.05, 3.63) is 35.9 Å². The maximum Gasteiger partial charge on any atom is 0.331 e. The lowest BCUT2D eigenvalue weighted by Gasteiger charge is -2.44. The van der Waals surface area contributed by atoms with E-state index in [0.717, 1.165) is 26.8 Å². The number of hydrogen-bond acceptors (Lipinski definition) is 16. The van der Waals surface area contributed by atoms with Gasteiger partial charge in [-0.15, -0.1) is 0 Å².